The Labute approximate surface area is 132 Å². The third kappa shape index (κ3) is 3.89. The summed E-state index contributed by atoms with van der Waals surface area (Å²) in [6, 6.07) is 8.84. The molecule has 0 aliphatic rings. The van der Waals surface area contributed by atoms with Crippen LogP contribution in [0.3, 0.4) is 0 Å². The highest BCUT2D eigenvalue weighted by molar-refractivity contribution is 8.02. The molecule has 2 aromatic rings. The minimum atomic E-state index is -0.311. The summed E-state index contributed by atoms with van der Waals surface area (Å²) in [4.78, 5) is 29.2. The molecule has 1 aromatic carbocycles. The molecule has 0 bridgehead atoms. The summed E-state index contributed by atoms with van der Waals surface area (Å²) in [5.74, 6) is 0.232. The Morgan fingerprint density at radius 2 is 1.95 bits per heavy atom. The predicted molar refractivity (Wildman–Crippen MR) is 88.2 cm³/mol. The summed E-state index contributed by atoms with van der Waals surface area (Å²) < 4.78 is 0. The first-order valence-corrected chi connectivity index (χ1v) is 8.44. The number of ketones is 2. The van der Waals surface area contributed by atoms with Gasteiger partial charge >= 0.3 is 0 Å². The second-order valence-corrected chi connectivity index (χ2v) is 6.47. The highest BCUT2D eigenvalue weighted by Gasteiger charge is 2.22. The maximum Gasteiger partial charge on any atom is 0.216 e. The van der Waals surface area contributed by atoms with Crippen LogP contribution in [0, 0.1) is 6.92 Å². The fraction of sp³-hybridized carbons (Fsp3) is 0.188. The van der Waals surface area contributed by atoms with Crippen molar-refractivity contribution in [2.24, 2.45) is 0 Å². The number of allylic oxidation sites excluding steroid dienone is 1. The van der Waals surface area contributed by atoms with Crippen molar-refractivity contribution in [1.29, 1.82) is 0 Å². The largest absolute Gasteiger partial charge is 0.288 e. The quantitative estimate of drug-likeness (QED) is 0.347. The number of carbonyl (C=O) groups is 2. The monoisotopic (exact) mass is 317 g/mol. The van der Waals surface area contributed by atoms with Crippen LogP contribution >= 0.6 is 23.1 Å². The molecule has 0 aliphatic heterocycles. The van der Waals surface area contributed by atoms with E-state index in [0.717, 1.165) is 10.8 Å². The zero-order valence-electron chi connectivity index (χ0n) is 11.8. The van der Waals surface area contributed by atoms with E-state index < -0.39 is 0 Å². The lowest BCUT2D eigenvalue weighted by Gasteiger charge is -2.04. The van der Waals surface area contributed by atoms with Gasteiger partial charge in [-0.25, -0.2) is 4.98 Å². The first-order valence-electron chi connectivity index (χ1n) is 6.51. The zero-order chi connectivity index (χ0) is 15.2. The van der Waals surface area contributed by atoms with E-state index in [9.17, 15) is 9.59 Å². The van der Waals surface area contributed by atoms with Crippen LogP contribution in [0.2, 0.25) is 0 Å². The maximum absolute atomic E-state index is 12.5. The Kier molecular flexibility index (Phi) is 5.47. The number of nitrogens with zero attached hydrogens (tertiary/aromatic N) is 1. The van der Waals surface area contributed by atoms with E-state index in [1.54, 1.807) is 35.1 Å². The van der Waals surface area contributed by atoms with Crippen molar-refractivity contribution in [2.45, 2.75) is 13.8 Å². The molecule has 0 radical (unpaired) electrons. The highest BCUT2D eigenvalue weighted by atomic mass is 32.2. The van der Waals surface area contributed by atoms with Crippen LogP contribution in [-0.2, 0) is 0 Å². The summed E-state index contributed by atoms with van der Waals surface area (Å²) in [5.41, 5.74) is 1.03. The number of Topliss-reactive ketones (excluding diaryl/α,β-unsaturated/α-hetero) is 2. The summed E-state index contributed by atoms with van der Waals surface area (Å²) in [5, 5.41) is 4.15. The molecule has 108 valence electrons. The number of hydrogen-bond acceptors (Lipinski definition) is 5. The fourth-order valence-corrected chi connectivity index (χ4v) is 2.87. The van der Waals surface area contributed by atoms with Crippen molar-refractivity contribution in [1.82, 2.24) is 4.98 Å². The number of thioether (sulfide) groups is 1. The summed E-state index contributed by atoms with van der Waals surface area (Å²) in [6.45, 7) is 3.81. The van der Waals surface area contributed by atoms with Gasteiger partial charge in [0.2, 0.25) is 5.78 Å². The van der Waals surface area contributed by atoms with Gasteiger partial charge in [0.1, 0.15) is 5.69 Å². The molecule has 0 amide bonds. The van der Waals surface area contributed by atoms with Crippen LogP contribution in [0.15, 0.2) is 46.7 Å². The Balaban J connectivity index is 2.35. The molecular formula is C16H15NO2S2. The summed E-state index contributed by atoms with van der Waals surface area (Å²) in [6.07, 6.45) is 0. The summed E-state index contributed by atoms with van der Waals surface area (Å²) in [7, 11) is 0. The van der Waals surface area contributed by atoms with Crippen LogP contribution < -0.4 is 0 Å². The Morgan fingerprint density at radius 3 is 2.52 bits per heavy atom. The van der Waals surface area contributed by atoms with Gasteiger partial charge < -0.3 is 0 Å². The molecular weight excluding hydrogens is 302 g/mol. The highest BCUT2D eigenvalue weighted by Crippen LogP contribution is 2.19. The molecule has 0 aliphatic carbocycles. The Hall–Kier alpha value is -1.72. The predicted octanol–water partition coefficient (Wildman–Crippen LogP) is 4.15. The molecule has 0 N–H and O–H groups in total. The average molecular weight is 317 g/mol. The van der Waals surface area contributed by atoms with E-state index in [0.29, 0.717) is 11.3 Å². The van der Waals surface area contributed by atoms with Gasteiger partial charge in [0.15, 0.2) is 5.78 Å². The van der Waals surface area contributed by atoms with Crippen LogP contribution in [0.25, 0.3) is 0 Å². The van der Waals surface area contributed by atoms with E-state index in [2.05, 4.69) is 4.98 Å². The lowest BCUT2D eigenvalue weighted by atomic mass is 10.0. The van der Waals surface area contributed by atoms with Crippen LogP contribution in [0.4, 0.5) is 0 Å². The lowest BCUT2D eigenvalue weighted by molar-refractivity contribution is 0.0960. The fourth-order valence-electron chi connectivity index (χ4n) is 1.73. The molecule has 21 heavy (non-hydrogen) atoms. The molecule has 1 heterocycles. The molecule has 0 saturated carbocycles. The molecule has 0 unspecified atom stereocenters. The Morgan fingerprint density at radius 1 is 1.24 bits per heavy atom. The molecule has 0 spiro atoms. The Bertz CT molecular complexity index is 675. The van der Waals surface area contributed by atoms with Crippen molar-refractivity contribution in [3.63, 3.8) is 0 Å². The molecule has 0 saturated heterocycles. The van der Waals surface area contributed by atoms with Crippen molar-refractivity contribution in [3.05, 3.63) is 63.0 Å². The normalized spacial score (nSPS) is 11.4. The standard InChI is InChI=1S/C16H15NO2S2/c1-3-20-9-13(15(18)12-7-5-4-6-8-12)16(19)14-10-21-11(2)17-14/h4-10H,3H2,1-2H3. The van der Waals surface area contributed by atoms with Gasteiger partial charge in [-0.05, 0) is 18.1 Å². The minimum Gasteiger partial charge on any atom is -0.288 e. The third-order valence-electron chi connectivity index (χ3n) is 2.74. The van der Waals surface area contributed by atoms with Gasteiger partial charge in [0, 0.05) is 10.9 Å². The smallest absolute Gasteiger partial charge is 0.216 e. The van der Waals surface area contributed by atoms with Gasteiger partial charge in [-0.15, -0.1) is 23.1 Å². The second-order valence-electron chi connectivity index (χ2n) is 4.26. The van der Waals surface area contributed by atoms with Gasteiger partial charge in [0.25, 0.3) is 0 Å². The molecule has 2 rings (SSSR count). The number of hydrogen-bond donors (Lipinski definition) is 0. The van der Waals surface area contributed by atoms with Crippen LogP contribution in [0.1, 0.15) is 32.8 Å². The third-order valence-corrected chi connectivity index (χ3v) is 4.25. The number of aromatic nitrogens is 1. The molecule has 3 nitrogen and oxygen atoms in total. The van der Waals surface area contributed by atoms with Crippen molar-refractivity contribution in [2.75, 3.05) is 5.75 Å². The van der Waals surface area contributed by atoms with Crippen molar-refractivity contribution in [3.8, 4) is 0 Å². The average Bonchev–Trinajstić information content (AvgIpc) is 2.94. The number of thiazole rings is 1. The van der Waals surface area contributed by atoms with Crippen molar-refractivity contribution < 1.29 is 9.59 Å². The van der Waals surface area contributed by atoms with E-state index >= 15 is 0 Å². The first kappa shape index (κ1) is 15.7. The number of aryl methyl sites for hydroxylation is 1. The molecule has 0 atom stereocenters. The van der Waals surface area contributed by atoms with E-state index in [4.69, 9.17) is 0 Å². The molecule has 0 fully saturated rings. The SMILES string of the molecule is CCSC=C(C(=O)c1ccccc1)C(=O)c1csc(C)n1. The van der Waals surface area contributed by atoms with Crippen LogP contribution in [-0.4, -0.2) is 22.3 Å². The molecule has 5 heteroatoms. The minimum absolute atomic E-state index is 0.179. The van der Waals surface area contributed by atoms with Crippen molar-refractivity contribution >= 4 is 34.7 Å². The lowest BCUT2D eigenvalue weighted by Crippen LogP contribution is -2.14. The number of benzene rings is 1. The van der Waals surface area contributed by atoms with E-state index in [-0.39, 0.29) is 17.1 Å². The first-order chi connectivity index (χ1) is 10.1. The molecule has 1 aromatic heterocycles. The van der Waals surface area contributed by atoms with Gasteiger partial charge in [0.05, 0.1) is 10.6 Å². The van der Waals surface area contributed by atoms with E-state index in [1.807, 2.05) is 19.9 Å². The maximum atomic E-state index is 12.5. The van der Waals surface area contributed by atoms with E-state index in [1.165, 1.54) is 23.1 Å². The van der Waals surface area contributed by atoms with Gasteiger partial charge in [-0.2, -0.15) is 0 Å². The number of carbonyl (C=O) groups excluding carboxylic acids is 2. The number of rotatable bonds is 6. The van der Waals surface area contributed by atoms with Crippen LogP contribution in [0.5, 0.6) is 0 Å². The zero-order valence-corrected chi connectivity index (χ0v) is 13.5. The summed E-state index contributed by atoms with van der Waals surface area (Å²) >= 11 is 2.85. The topological polar surface area (TPSA) is 47.0 Å². The van der Waals surface area contributed by atoms with Gasteiger partial charge in [-0.1, -0.05) is 37.3 Å². The second kappa shape index (κ2) is 7.33. The van der Waals surface area contributed by atoms with Gasteiger partial charge in [-0.3, -0.25) is 9.59 Å².